The Bertz CT molecular complexity index is 622. The number of rotatable bonds is 3. The van der Waals surface area contributed by atoms with Crippen LogP contribution in [0.2, 0.25) is 0 Å². The van der Waals surface area contributed by atoms with Crippen LogP contribution in [0, 0.1) is 15.9 Å². The highest BCUT2D eigenvalue weighted by molar-refractivity contribution is 6.01. The van der Waals surface area contributed by atoms with Crippen molar-refractivity contribution < 1.29 is 18.8 Å². The Labute approximate surface area is 119 Å². The first-order valence-corrected chi connectivity index (χ1v) is 6.65. The number of halogens is 1. The van der Waals surface area contributed by atoms with E-state index in [-0.39, 0.29) is 29.5 Å². The van der Waals surface area contributed by atoms with E-state index in [0.29, 0.717) is 12.5 Å². The third-order valence-electron chi connectivity index (χ3n) is 3.99. The number of nitrogens with zero attached hydrogens (tertiary/aromatic N) is 1. The van der Waals surface area contributed by atoms with Crippen LogP contribution in [0.1, 0.15) is 29.6 Å². The fourth-order valence-corrected chi connectivity index (χ4v) is 2.98. The lowest BCUT2D eigenvalue weighted by molar-refractivity contribution is -0.384. The normalized spacial score (nSPS) is 26.8. The molecule has 0 aliphatic carbocycles. The van der Waals surface area contributed by atoms with Crippen LogP contribution in [0.25, 0.3) is 0 Å². The number of nitro groups is 1. The molecule has 2 heterocycles. The van der Waals surface area contributed by atoms with Crippen molar-refractivity contribution in [1.82, 2.24) is 5.32 Å². The Kier molecular flexibility index (Phi) is 3.25. The van der Waals surface area contributed by atoms with Crippen molar-refractivity contribution in [3.05, 3.63) is 33.6 Å². The van der Waals surface area contributed by atoms with Gasteiger partial charge in [-0.2, -0.15) is 0 Å². The molecule has 2 aliphatic heterocycles. The minimum atomic E-state index is -0.870. The first-order chi connectivity index (χ1) is 9.95. The molecule has 3 unspecified atom stereocenters. The van der Waals surface area contributed by atoms with Crippen LogP contribution in [-0.4, -0.2) is 29.1 Å². The van der Waals surface area contributed by atoms with Crippen molar-refractivity contribution in [3.8, 4) is 0 Å². The second-order valence-corrected chi connectivity index (χ2v) is 5.33. The maximum absolute atomic E-state index is 13.4. The average molecular weight is 295 g/mol. The van der Waals surface area contributed by atoms with Crippen LogP contribution < -0.4 is 11.1 Å². The van der Waals surface area contributed by atoms with E-state index in [1.165, 1.54) is 0 Å². The van der Waals surface area contributed by atoms with Crippen LogP contribution in [-0.2, 0) is 4.74 Å². The number of benzene rings is 1. The zero-order chi connectivity index (χ0) is 15.1. The average Bonchev–Trinajstić information content (AvgIpc) is 3.02. The lowest BCUT2D eigenvalue weighted by atomic mass is 9.95. The lowest BCUT2D eigenvalue weighted by Gasteiger charge is -2.20. The number of ether oxygens (including phenoxy) is 1. The van der Waals surface area contributed by atoms with E-state index in [0.717, 1.165) is 18.9 Å². The van der Waals surface area contributed by atoms with Crippen LogP contribution in [0.4, 0.5) is 15.8 Å². The Hall–Kier alpha value is -2.22. The van der Waals surface area contributed by atoms with Gasteiger partial charge in [-0.25, -0.2) is 4.39 Å². The van der Waals surface area contributed by atoms with Gasteiger partial charge in [-0.05, 0) is 25.3 Å². The summed E-state index contributed by atoms with van der Waals surface area (Å²) in [6.07, 6.45) is 2.66. The van der Waals surface area contributed by atoms with E-state index in [2.05, 4.69) is 5.32 Å². The molecule has 2 saturated heterocycles. The largest absolute Gasteiger partial charge is 0.393 e. The van der Waals surface area contributed by atoms with E-state index in [9.17, 15) is 19.3 Å². The number of carbonyl (C=O) groups is 1. The van der Waals surface area contributed by atoms with E-state index in [1.807, 2.05) is 0 Å². The summed E-state index contributed by atoms with van der Waals surface area (Å²) in [7, 11) is 0. The molecule has 21 heavy (non-hydrogen) atoms. The van der Waals surface area contributed by atoms with Crippen molar-refractivity contribution in [1.29, 1.82) is 0 Å². The smallest absolute Gasteiger partial charge is 0.295 e. The van der Waals surface area contributed by atoms with E-state index in [4.69, 9.17) is 10.5 Å². The predicted octanol–water partition coefficient (Wildman–Crippen LogP) is 1.37. The summed E-state index contributed by atoms with van der Waals surface area (Å²) in [4.78, 5) is 22.2. The molecule has 1 aromatic rings. The molecule has 3 rings (SSSR count). The Balaban J connectivity index is 1.83. The SMILES string of the molecule is Nc1c(C(=O)NC2CC3CCC2O3)cc(F)cc1[N+](=O)[O-]. The van der Waals surface area contributed by atoms with Gasteiger partial charge < -0.3 is 15.8 Å². The number of hydrogen-bond donors (Lipinski definition) is 2. The number of fused-ring (bicyclic) bond motifs is 2. The van der Waals surface area contributed by atoms with Crippen molar-refractivity contribution in [3.63, 3.8) is 0 Å². The van der Waals surface area contributed by atoms with Crippen molar-refractivity contribution in [2.75, 3.05) is 5.73 Å². The van der Waals surface area contributed by atoms with Gasteiger partial charge in [0.1, 0.15) is 11.5 Å². The molecule has 2 aliphatic rings. The van der Waals surface area contributed by atoms with Crippen LogP contribution >= 0.6 is 0 Å². The highest BCUT2D eigenvalue weighted by Gasteiger charge is 2.41. The lowest BCUT2D eigenvalue weighted by Crippen LogP contribution is -2.41. The number of amides is 1. The number of hydrogen-bond acceptors (Lipinski definition) is 5. The molecule has 3 N–H and O–H groups in total. The molecule has 2 fully saturated rings. The molecular formula is C13H14FN3O4. The molecule has 7 nitrogen and oxygen atoms in total. The van der Waals surface area contributed by atoms with Gasteiger partial charge >= 0.3 is 0 Å². The molecule has 0 aromatic heterocycles. The monoisotopic (exact) mass is 295 g/mol. The zero-order valence-corrected chi connectivity index (χ0v) is 11.0. The molecule has 0 saturated carbocycles. The van der Waals surface area contributed by atoms with Crippen molar-refractivity contribution in [2.45, 2.75) is 37.5 Å². The van der Waals surface area contributed by atoms with E-state index >= 15 is 0 Å². The van der Waals surface area contributed by atoms with Crippen LogP contribution in [0.5, 0.6) is 0 Å². The summed E-state index contributed by atoms with van der Waals surface area (Å²) in [5, 5.41) is 13.5. The van der Waals surface area contributed by atoms with Gasteiger partial charge in [-0.1, -0.05) is 0 Å². The minimum absolute atomic E-state index is 0.0382. The Morgan fingerprint density at radius 3 is 2.81 bits per heavy atom. The molecule has 1 amide bonds. The second-order valence-electron chi connectivity index (χ2n) is 5.33. The summed E-state index contributed by atoms with van der Waals surface area (Å²) in [5.41, 5.74) is 4.45. The molecule has 0 radical (unpaired) electrons. The number of anilines is 1. The summed E-state index contributed by atoms with van der Waals surface area (Å²) in [6, 6.07) is 1.45. The fourth-order valence-electron chi connectivity index (χ4n) is 2.98. The van der Waals surface area contributed by atoms with Crippen molar-refractivity contribution in [2.24, 2.45) is 0 Å². The van der Waals surface area contributed by atoms with E-state index < -0.39 is 22.3 Å². The molecule has 2 bridgehead atoms. The molecule has 3 atom stereocenters. The third kappa shape index (κ3) is 2.42. The molecule has 8 heteroatoms. The molecule has 1 aromatic carbocycles. The summed E-state index contributed by atoms with van der Waals surface area (Å²) in [6.45, 7) is 0. The summed E-state index contributed by atoms with van der Waals surface area (Å²) < 4.78 is 19.0. The summed E-state index contributed by atoms with van der Waals surface area (Å²) >= 11 is 0. The van der Waals surface area contributed by atoms with Gasteiger partial charge in [0.15, 0.2) is 0 Å². The maximum Gasteiger partial charge on any atom is 0.295 e. The second kappa shape index (κ2) is 4.96. The first-order valence-electron chi connectivity index (χ1n) is 6.65. The van der Waals surface area contributed by atoms with E-state index in [1.54, 1.807) is 0 Å². The standard InChI is InChI=1S/C13H14FN3O4/c14-6-3-8(12(15)10(4-6)17(19)20)13(18)16-9-5-7-1-2-11(9)21-7/h3-4,7,9,11H,1-2,5,15H2,(H,16,18). The predicted molar refractivity (Wildman–Crippen MR) is 71.2 cm³/mol. The summed E-state index contributed by atoms with van der Waals surface area (Å²) in [5.74, 6) is -1.48. The highest BCUT2D eigenvalue weighted by atomic mass is 19.1. The maximum atomic E-state index is 13.4. The number of nitro benzene ring substituents is 1. The van der Waals surface area contributed by atoms with Gasteiger partial charge in [-0.15, -0.1) is 0 Å². The Morgan fingerprint density at radius 2 is 2.24 bits per heavy atom. The Morgan fingerprint density at radius 1 is 1.48 bits per heavy atom. The number of nitrogens with one attached hydrogen (secondary N) is 1. The quantitative estimate of drug-likeness (QED) is 0.497. The topological polar surface area (TPSA) is 107 Å². The number of nitrogens with two attached hydrogens (primary N) is 1. The van der Waals surface area contributed by atoms with Crippen molar-refractivity contribution >= 4 is 17.3 Å². The molecular weight excluding hydrogens is 281 g/mol. The van der Waals surface area contributed by atoms with Crippen LogP contribution in [0.3, 0.4) is 0 Å². The highest BCUT2D eigenvalue weighted by Crippen LogP contribution is 2.35. The minimum Gasteiger partial charge on any atom is -0.393 e. The van der Waals surface area contributed by atoms with Gasteiger partial charge in [0.25, 0.3) is 11.6 Å². The van der Waals surface area contributed by atoms with Gasteiger partial charge in [0.2, 0.25) is 0 Å². The number of carbonyl (C=O) groups excluding carboxylic acids is 1. The van der Waals surface area contributed by atoms with Gasteiger partial charge in [0, 0.05) is 0 Å². The zero-order valence-electron chi connectivity index (χ0n) is 11.0. The third-order valence-corrected chi connectivity index (χ3v) is 3.99. The molecule has 112 valence electrons. The number of nitrogen functional groups attached to an aromatic ring is 1. The van der Waals surface area contributed by atoms with Gasteiger partial charge in [-0.3, -0.25) is 14.9 Å². The first kappa shape index (κ1) is 13.7. The van der Waals surface area contributed by atoms with Gasteiger partial charge in [0.05, 0.1) is 34.8 Å². The fraction of sp³-hybridized carbons (Fsp3) is 0.462. The molecule has 0 spiro atoms. The van der Waals surface area contributed by atoms with Crippen LogP contribution in [0.15, 0.2) is 12.1 Å².